The van der Waals surface area contributed by atoms with E-state index < -0.39 is 5.97 Å². The summed E-state index contributed by atoms with van der Waals surface area (Å²) in [6, 6.07) is 8.22. The number of esters is 1. The van der Waals surface area contributed by atoms with Crippen molar-refractivity contribution in [3.8, 4) is 11.3 Å². The van der Waals surface area contributed by atoms with Crippen LogP contribution in [0.15, 0.2) is 24.3 Å². The third kappa shape index (κ3) is 1.98. The van der Waals surface area contributed by atoms with Crippen molar-refractivity contribution < 1.29 is 9.53 Å². The van der Waals surface area contributed by atoms with Crippen molar-refractivity contribution in [3.05, 3.63) is 46.6 Å². The molecule has 0 aliphatic heterocycles. The highest BCUT2D eigenvalue weighted by molar-refractivity contribution is 5.99. The highest BCUT2D eigenvalue weighted by Gasteiger charge is 2.33. The fourth-order valence-corrected chi connectivity index (χ4v) is 3.36. The maximum Gasteiger partial charge on any atom is 0.342 e. The van der Waals surface area contributed by atoms with Gasteiger partial charge in [0, 0.05) is 17.0 Å². The Bertz CT molecular complexity index is 753. The van der Waals surface area contributed by atoms with Gasteiger partial charge in [-0.05, 0) is 25.8 Å². The van der Waals surface area contributed by atoms with E-state index in [0.29, 0.717) is 23.6 Å². The number of ether oxygens (including phenoxy) is 1. The van der Waals surface area contributed by atoms with Gasteiger partial charge in [0.15, 0.2) is 0 Å². The molecule has 4 nitrogen and oxygen atoms in total. The molecule has 1 unspecified atom stereocenters. The largest absolute Gasteiger partial charge is 0.462 e. The van der Waals surface area contributed by atoms with Crippen LogP contribution < -0.4 is 5.73 Å². The van der Waals surface area contributed by atoms with Crippen molar-refractivity contribution in [2.24, 2.45) is 0 Å². The second-order valence-corrected chi connectivity index (χ2v) is 5.52. The van der Waals surface area contributed by atoms with Crippen LogP contribution in [0.3, 0.4) is 0 Å². The van der Waals surface area contributed by atoms with Crippen LogP contribution in [0.5, 0.6) is 0 Å². The summed E-state index contributed by atoms with van der Waals surface area (Å²) in [7, 11) is 0. The number of anilines is 1. The number of nitrogens with two attached hydrogens (primary N) is 1. The Morgan fingerprint density at radius 1 is 1.32 bits per heavy atom. The Morgan fingerprint density at radius 2 is 2.05 bits per heavy atom. The number of nitrogen functional groups attached to an aromatic ring is 1. The minimum Gasteiger partial charge on any atom is -0.462 e. The number of hydrogen-bond acceptors (Lipinski definition) is 4. The highest BCUT2D eigenvalue weighted by Crippen LogP contribution is 2.48. The van der Waals surface area contributed by atoms with E-state index in [1.165, 1.54) is 5.56 Å². The number of carbonyl (C=O) groups is 1. The first-order valence-corrected chi connectivity index (χ1v) is 7.66. The van der Waals surface area contributed by atoms with Gasteiger partial charge in [0.05, 0.1) is 23.7 Å². The maximum atomic E-state index is 12.2. The van der Waals surface area contributed by atoms with Crippen LogP contribution in [0.2, 0.25) is 0 Å². The fourth-order valence-electron chi connectivity index (χ4n) is 3.36. The summed E-state index contributed by atoms with van der Waals surface area (Å²) < 4.78 is 5.14. The Kier molecular flexibility index (Phi) is 3.61. The molecule has 22 heavy (non-hydrogen) atoms. The first kappa shape index (κ1) is 14.6. The predicted molar refractivity (Wildman–Crippen MR) is 86.9 cm³/mol. The molecule has 114 valence electrons. The number of aromatic nitrogens is 1. The van der Waals surface area contributed by atoms with Gasteiger partial charge in [-0.2, -0.15) is 0 Å². The molecule has 1 aromatic heterocycles. The third-order valence-electron chi connectivity index (χ3n) is 4.28. The van der Waals surface area contributed by atoms with Gasteiger partial charge < -0.3 is 10.5 Å². The first-order chi connectivity index (χ1) is 10.6. The molecule has 0 spiro atoms. The average molecular weight is 296 g/mol. The summed E-state index contributed by atoms with van der Waals surface area (Å²) in [5.41, 5.74) is 12.2. The Labute approximate surface area is 130 Å². The van der Waals surface area contributed by atoms with Crippen LogP contribution >= 0.6 is 0 Å². The number of aryl methyl sites for hydroxylation is 1. The molecule has 0 bridgehead atoms. The molecule has 0 fully saturated rings. The standard InChI is InChI=1S/C18H20N2O2/c1-4-11-12-8-6-7-9-13(12)17-15(11)16(19)14(10(3)20-17)18(21)22-5-2/h6-9,11H,4-5H2,1-3H3,(H2,19,20). The molecule has 1 atom stereocenters. The van der Waals surface area contributed by atoms with Gasteiger partial charge in [-0.15, -0.1) is 0 Å². The molecule has 4 heteroatoms. The van der Waals surface area contributed by atoms with Crippen molar-refractivity contribution in [1.29, 1.82) is 0 Å². The number of rotatable bonds is 3. The van der Waals surface area contributed by atoms with E-state index in [-0.39, 0.29) is 5.92 Å². The lowest BCUT2D eigenvalue weighted by molar-refractivity contribution is 0.0526. The van der Waals surface area contributed by atoms with Gasteiger partial charge in [0.1, 0.15) is 5.56 Å². The van der Waals surface area contributed by atoms with Crippen molar-refractivity contribution in [2.45, 2.75) is 33.1 Å². The number of pyridine rings is 1. The van der Waals surface area contributed by atoms with Gasteiger partial charge in [-0.25, -0.2) is 4.79 Å². The average Bonchev–Trinajstić information content (AvgIpc) is 2.81. The van der Waals surface area contributed by atoms with Gasteiger partial charge in [0.2, 0.25) is 0 Å². The molecule has 2 N–H and O–H groups in total. The zero-order chi connectivity index (χ0) is 15.9. The van der Waals surface area contributed by atoms with Crippen molar-refractivity contribution >= 4 is 11.7 Å². The molecule has 2 aromatic rings. The van der Waals surface area contributed by atoms with Gasteiger partial charge in [-0.1, -0.05) is 31.2 Å². The topological polar surface area (TPSA) is 65.2 Å². The summed E-state index contributed by atoms with van der Waals surface area (Å²) in [6.45, 7) is 6.05. The summed E-state index contributed by atoms with van der Waals surface area (Å²) in [5.74, 6) is -0.203. The second kappa shape index (κ2) is 5.44. The molecule has 1 aliphatic rings. The van der Waals surface area contributed by atoms with Crippen LogP contribution in [-0.4, -0.2) is 17.6 Å². The van der Waals surface area contributed by atoms with Crippen molar-refractivity contribution in [1.82, 2.24) is 4.98 Å². The second-order valence-electron chi connectivity index (χ2n) is 5.52. The van der Waals surface area contributed by atoms with Gasteiger partial charge in [-0.3, -0.25) is 4.98 Å². The number of hydrogen-bond donors (Lipinski definition) is 1. The molecule has 1 heterocycles. The molecule has 1 aliphatic carbocycles. The van der Waals surface area contributed by atoms with Gasteiger partial charge in [0.25, 0.3) is 0 Å². The highest BCUT2D eigenvalue weighted by atomic mass is 16.5. The Hall–Kier alpha value is -2.36. The van der Waals surface area contributed by atoms with Crippen LogP contribution in [0.1, 0.15) is 53.4 Å². The smallest absolute Gasteiger partial charge is 0.342 e. The van der Waals surface area contributed by atoms with Crippen molar-refractivity contribution in [2.75, 3.05) is 12.3 Å². The van der Waals surface area contributed by atoms with E-state index in [1.54, 1.807) is 6.92 Å². The monoisotopic (exact) mass is 296 g/mol. The number of benzene rings is 1. The van der Waals surface area contributed by atoms with E-state index in [0.717, 1.165) is 23.2 Å². The molecule has 0 amide bonds. The SMILES string of the molecule is CCOC(=O)c1c(C)nc2c(c1N)C(CC)c1ccccc1-2. The number of fused-ring (bicyclic) bond motifs is 3. The van der Waals surface area contributed by atoms with E-state index in [9.17, 15) is 4.79 Å². The summed E-state index contributed by atoms with van der Waals surface area (Å²) in [5, 5.41) is 0. The lowest BCUT2D eigenvalue weighted by Gasteiger charge is -2.16. The van der Waals surface area contributed by atoms with E-state index in [4.69, 9.17) is 10.5 Å². The molecule has 0 saturated carbocycles. The lowest BCUT2D eigenvalue weighted by Crippen LogP contribution is -2.14. The molecular weight excluding hydrogens is 276 g/mol. The fraction of sp³-hybridized carbons (Fsp3) is 0.333. The molecular formula is C18H20N2O2. The van der Waals surface area contributed by atoms with Crippen LogP contribution in [0, 0.1) is 6.92 Å². The molecule has 3 rings (SSSR count). The molecule has 0 saturated heterocycles. The van der Waals surface area contributed by atoms with Gasteiger partial charge >= 0.3 is 5.97 Å². The van der Waals surface area contributed by atoms with E-state index in [1.807, 2.05) is 19.1 Å². The Balaban J connectivity index is 2.25. The summed E-state index contributed by atoms with van der Waals surface area (Å²) in [4.78, 5) is 16.9. The number of carbonyl (C=O) groups excluding carboxylic acids is 1. The predicted octanol–water partition coefficient (Wildman–Crippen LogP) is 3.67. The summed E-state index contributed by atoms with van der Waals surface area (Å²) in [6.07, 6.45) is 0.918. The van der Waals surface area contributed by atoms with E-state index in [2.05, 4.69) is 24.0 Å². The minimum atomic E-state index is -0.390. The zero-order valence-electron chi connectivity index (χ0n) is 13.1. The van der Waals surface area contributed by atoms with Crippen molar-refractivity contribution in [3.63, 3.8) is 0 Å². The first-order valence-electron chi connectivity index (χ1n) is 7.66. The lowest BCUT2D eigenvalue weighted by atomic mass is 9.92. The molecule has 1 aromatic carbocycles. The third-order valence-corrected chi connectivity index (χ3v) is 4.28. The number of nitrogens with zero attached hydrogens (tertiary/aromatic N) is 1. The molecule has 0 radical (unpaired) electrons. The van der Waals surface area contributed by atoms with E-state index >= 15 is 0 Å². The maximum absolute atomic E-state index is 12.2. The Morgan fingerprint density at radius 3 is 2.73 bits per heavy atom. The normalized spacial score (nSPS) is 15.3. The van der Waals surface area contributed by atoms with Crippen LogP contribution in [-0.2, 0) is 4.74 Å². The van der Waals surface area contributed by atoms with Crippen LogP contribution in [0.25, 0.3) is 11.3 Å². The zero-order valence-corrected chi connectivity index (χ0v) is 13.1. The summed E-state index contributed by atoms with van der Waals surface area (Å²) >= 11 is 0. The van der Waals surface area contributed by atoms with Crippen LogP contribution in [0.4, 0.5) is 5.69 Å². The minimum absolute atomic E-state index is 0.187. The quantitative estimate of drug-likeness (QED) is 0.878.